The van der Waals surface area contributed by atoms with E-state index < -0.39 is 5.91 Å². The summed E-state index contributed by atoms with van der Waals surface area (Å²) in [5.41, 5.74) is 0.658. The fourth-order valence-electron chi connectivity index (χ4n) is 2.22. The van der Waals surface area contributed by atoms with Crippen molar-refractivity contribution in [1.82, 2.24) is 0 Å². The molecular formula is C17H12ClNO3. The second-order valence-corrected chi connectivity index (χ2v) is 5.30. The first-order valence-corrected chi connectivity index (χ1v) is 6.93. The Morgan fingerprint density at radius 1 is 0.955 bits per heavy atom. The van der Waals surface area contributed by atoms with E-state index in [2.05, 4.69) is 5.32 Å². The van der Waals surface area contributed by atoms with Crippen molar-refractivity contribution >= 4 is 34.0 Å². The quantitative estimate of drug-likeness (QED) is 0.665. The van der Waals surface area contributed by atoms with Crippen molar-refractivity contribution in [3.8, 4) is 11.5 Å². The van der Waals surface area contributed by atoms with Gasteiger partial charge in [0.1, 0.15) is 11.5 Å². The van der Waals surface area contributed by atoms with E-state index >= 15 is 0 Å². The van der Waals surface area contributed by atoms with Gasteiger partial charge in [0, 0.05) is 10.7 Å². The van der Waals surface area contributed by atoms with E-state index in [1.54, 1.807) is 30.3 Å². The lowest BCUT2D eigenvalue weighted by atomic mass is 10.0. The van der Waals surface area contributed by atoms with Gasteiger partial charge in [-0.1, -0.05) is 23.7 Å². The van der Waals surface area contributed by atoms with Crippen molar-refractivity contribution in [3.05, 3.63) is 65.2 Å². The van der Waals surface area contributed by atoms with Crippen LogP contribution < -0.4 is 5.32 Å². The first-order valence-electron chi connectivity index (χ1n) is 6.55. The number of fused-ring (bicyclic) bond motifs is 1. The summed E-state index contributed by atoms with van der Waals surface area (Å²) in [4.78, 5) is 12.3. The molecule has 0 saturated heterocycles. The van der Waals surface area contributed by atoms with Crippen molar-refractivity contribution < 1.29 is 15.0 Å². The molecule has 0 atom stereocenters. The van der Waals surface area contributed by atoms with Crippen LogP contribution in [-0.2, 0) is 0 Å². The molecule has 0 bridgehead atoms. The van der Waals surface area contributed by atoms with Crippen molar-refractivity contribution in [1.29, 1.82) is 0 Å². The van der Waals surface area contributed by atoms with Crippen LogP contribution in [0.4, 0.5) is 5.69 Å². The van der Waals surface area contributed by atoms with Gasteiger partial charge in [0.25, 0.3) is 5.91 Å². The normalized spacial score (nSPS) is 10.6. The zero-order valence-electron chi connectivity index (χ0n) is 11.4. The molecule has 0 spiro atoms. The summed E-state index contributed by atoms with van der Waals surface area (Å²) in [6.45, 7) is 0. The Kier molecular flexibility index (Phi) is 3.61. The number of rotatable bonds is 2. The Morgan fingerprint density at radius 2 is 1.77 bits per heavy atom. The molecular weight excluding hydrogens is 302 g/mol. The molecule has 0 fully saturated rings. The number of aromatic hydroxyl groups is 2. The minimum atomic E-state index is -0.454. The average Bonchev–Trinajstić information content (AvgIpc) is 2.47. The number of carbonyl (C=O) groups excluding carboxylic acids is 1. The molecule has 22 heavy (non-hydrogen) atoms. The minimum absolute atomic E-state index is 0.0967. The molecule has 0 radical (unpaired) electrons. The van der Waals surface area contributed by atoms with Crippen LogP contribution in [-0.4, -0.2) is 16.1 Å². The largest absolute Gasteiger partial charge is 0.508 e. The first kappa shape index (κ1) is 14.2. The summed E-state index contributed by atoms with van der Waals surface area (Å²) >= 11 is 5.87. The second kappa shape index (κ2) is 5.58. The average molecular weight is 314 g/mol. The Morgan fingerprint density at radius 3 is 2.55 bits per heavy atom. The van der Waals surface area contributed by atoms with Crippen LogP contribution in [0, 0.1) is 0 Å². The van der Waals surface area contributed by atoms with Crippen molar-refractivity contribution in [2.75, 3.05) is 5.32 Å². The van der Waals surface area contributed by atoms with E-state index in [9.17, 15) is 15.0 Å². The van der Waals surface area contributed by atoms with Gasteiger partial charge in [0.05, 0.1) is 5.56 Å². The molecule has 0 unspecified atom stereocenters. The second-order valence-electron chi connectivity index (χ2n) is 4.87. The predicted octanol–water partition coefficient (Wildman–Crippen LogP) is 4.16. The van der Waals surface area contributed by atoms with Crippen LogP contribution in [0.1, 0.15) is 10.4 Å². The van der Waals surface area contributed by atoms with Gasteiger partial charge in [-0.2, -0.15) is 0 Å². The number of phenols is 2. The molecule has 3 aromatic carbocycles. The third-order valence-electron chi connectivity index (χ3n) is 3.27. The summed E-state index contributed by atoms with van der Waals surface area (Å²) in [5, 5.41) is 24.1. The Hall–Kier alpha value is -2.72. The molecule has 0 aliphatic heterocycles. The van der Waals surface area contributed by atoms with E-state index in [1.165, 1.54) is 24.3 Å². The number of benzene rings is 3. The maximum atomic E-state index is 12.3. The number of amides is 1. The first-order chi connectivity index (χ1) is 10.5. The molecule has 1 amide bonds. The lowest BCUT2D eigenvalue weighted by Crippen LogP contribution is -2.12. The van der Waals surface area contributed by atoms with Gasteiger partial charge in [-0.05, 0) is 53.2 Å². The molecule has 110 valence electrons. The lowest BCUT2D eigenvalue weighted by Gasteiger charge is -2.09. The van der Waals surface area contributed by atoms with E-state index in [-0.39, 0.29) is 17.1 Å². The van der Waals surface area contributed by atoms with Crippen LogP contribution in [0.3, 0.4) is 0 Å². The highest BCUT2D eigenvalue weighted by molar-refractivity contribution is 6.31. The Bertz CT molecular complexity index is 877. The molecule has 0 saturated carbocycles. The maximum Gasteiger partial charge on any atom is 0.259 e. The van der Waals surface area contributed by atoms with E-state index in [0.29, 0.717) is 16.1 Å². The molecule has 3 N–H and O–H groups in total. The SMILES string of the molecule is O=C(Nc1cccc(Cl)c1)c1cc2cc(O)ccc2cc1O. The maximum absolute atomic E-state index is 12.3. The summed E-state index contributed by atoms with van der Waals surface area (Å²) < 4.78 is 0. The Labute approximate surface area is 131 Å². The van der Waals surface area contributed by atoms with E-state index in [4.69, 9.17) is 11.6 Å². The van der Waals surface area contributed by atoms with Crippen LogP contribution in [0.25, 0.3) is 10.8 Å². The van der Waals surface area contributed by atoms with Gasteiger partial charge < -0.3 is 15.5 Å². The standard InChI is InChI=1S/C17H12ClNO3/c18-12-2-1-3-13(9-12)19-17(22)15-7-11-6-14(20)5-4-10(11)8-16(15)21/h1-9,20-21H,(H,19,22). The summed E-state index contributed by atoms with van der Waals surface area (Å²) in [6.07, 6.45) is 0. The topological polar surface area (TPSA) is 69.6 Å². The molecule has 0 aliphatic carbocycles. The molecule has 4 nitrogen and oxygen atoms in total. The number of anilines is 1. The third kappa shape index (κ3) is 2.82. The number of hydrogen-bond acceptors (Lipinski definition) is 3. The highest BCUT2D eigenvalue weighted by Crippen LogP contribution is 2.28. The van der Waals surface area contributed by atoms with Crippen LogP contribution >= 0.6 is 11.6 Å². The zero-order chi connectivity index (χ0) is 15.7. The number of carbonyl (C=O) groups is 1. The number of halogens is 1. The molecule has 5 heteroatoms. The van der Waals surface area contributed by atoms with E-state index in [1.807, 2.05) is 0 Å². The van der Waals surface area contributed by atoms with Gasteiger partial charge in [0.15, 0.2) is 0 Å². The molecule has 0 aliphatic rings. The predicted molar refractivity (Wildman–Crippen MR) is 86.7 cm³/mol. The van der Waals surface area contributed by atoms with E-state index in [0.717, 1.165) is 5.39 Å². The summed E-state index contributed by atoms with van der Waals surface area (Å²) in [6, 6.07) is 14.5. The highest BCUT2D eigenvalue weighted by atomic mass is 35.5. The van der Waals surface area contributed by atoms with Crippen molar-refractivity contribution in [3.63, 3.8) is 0 Å². The van der Waals surface area contributed by atoms with Gasteiger partial charge in [-0.15, -0.1) is 0 Å². The van der Waals surface area contributed by atoms with Gasteiger partial charge in [-0.3, -0.25) is 4.79 Å². The molecule has 3 aromatic rings. The van der Waals surface area contributed by atoms with Gasteiger partial charge in [0.2, 0.25) is 0 Å². The minimum Gasteiger partial charge on any atom is -0.508 e. The molecule has 0 aromatic heterocycles. The van der Waals surface area contributed by atoms with Crippen LogP contribution in [0.5, 0.6) is 11.5 Å². The van der Waals surface area contributed by atoms with Gasteiger partial charge >= 0.3 is 0 Å². The highest BCUT2D eigenvalue weighted by Gasteiger charge is 2.13. The van der Waals surface area contributed by atoms with Gasteiger partial charge in [-0.25, -0.2) is 0 Å². The zero-order valence-corrected chi connectivity index (χ0v) is 12.1. The fourth-order valence-corrected chi connectivity index (χ4v) is 2.41. The van der Waals surface area contributed by atoms with Crippen molar-refractivity contribution in [2.45, 2.75) is 0 Å². The number of phenolic OH excluding ortho intramolecular Hbond substituents is 2. The molecule has 0 heterocycles. The summed E-state index contributed by atoms with van der Waals surface area (Å²) in [7, 11) is 0. The fraction of sp³-hybridized carbons (Fsp3) is 0. The number of hydrogen-bond donors (Lipinski definition) is 3. The smallest absolute Gasteiger partial charge is 0.259 e. The lowest BCUT2D eigenvalue weighted by molar-refractivity contribution is 0.102. The third-order valence-corrected chi connectivity index (χ3v) is 3.50. The van der Waals surface area contributed by atoms with Crippen molar-refractivity contribution in [2.24, 2.45) is 0 Å². The van der Waals surface area contributed by atoms with Crippen LogP contribution in [0.2, 0.25) is 5.02 Å². The monoisotopic (exact) mass is 313 g/mol. The Balaban J connectivity index is 1.98. The number of nitrogens with one attached hydrogen (secondary N) is 1. The summed E-state index contributed by atoms with van der Waals surface area (Å²) in [5.74, 6) is -0.484. The molecule has 3 rings (SSSR count). The van der Waals surface area contributed by atoms with Crippen LogP contribution in [0.15, 0.2) is 54.6 Å².